The Balaban J connectivity index is 1.48. The molecule has 0 saturated heterocycles. The van der Waals surface area contributed by atoms with E-state index in [-0.39, 0.29) is 0 Å². The Morgan fingerprint density at radius 2 is 1.96 bits per heavy atom. The highest BCUT2D eigenvalue weighted by atomic mass is 15.6. The largest absolute Gasteiger partial charge is 0.377 e. The minimum Gasteiger partial charge on any atom is -0.377 e. The molecule has 24 heavy (non-hydrogen) atoms. The summed E-state index contributed by atoms with van der Waals surface area (Å²) in [6, 6.07) is 14.8. The number of benzene rings is 1. The van der Waals surface area contributed by atoms with Gasteiger partial charge in [-0.25, -0.2) is 4.68 Å². The van der Waals surface area contributed by atoms with Crippen LogP contribution >= 0.6 is 0 Å². The van der Waals surface area contributed by atoms with Crippen LogP contribution in [0.5, 0.6) is 0 Å². The van der Waals surface area contributed by atoms with Gasteiger partial charge in [0.25, 0.3) is 0 Å². The lowest BCUT2D eigenvalue weighted by Crippen LogP contribution is -2.22. The molecule has 6 nitrogen and oxygen atoms in total. The fourth-order valence-electron chi connectivity index (χ4n) is 2.96. The molecule has 1 aliphatic rings. The van der Waals surface area contributed by atoms with Gasteiger partial charge in [-0.1, -0.05) is 24.3 Å². The van der Waals surface area contributed by atoms with Gasteiger partial charge in [-0.05, 0) is 53.5 Å². The van der Waals surface area contributed by atoms with Crippen molar-refractivity contribution in [2.24, 2.45) is 0 Å². The monoisotopic (exact) mass is 320 g/mol. The number of tetrazole rings is 1. The maximum absolute atomic E-state index is 4.42. The summed E-state index contributed by atoms with van der Waals surface area (Å²) >= 11 is 0. The molecule has 0 atom stereocenters. The van der Waals surface area contributed by atoms with Crippen LogP contribution in [0.3, 0.4) is 0 Å². The van der Waals surface area contributed by atoms with Crippen LogP contribution in [0.15, 0.2) is 48.7 Å². The minimum atomic E-state index is 0.473. The van der Waals surface area contributed by atoms with Crippen molar-refractivity contribution in [1.82, 2.24) is 25.2 Å². The SMILES string of the molecule is c1ccc(Cc2ccccc2NCc2nnnn2C2CCC2)nc1. The van der Waals surface area contributed by atoms with Gasteiger partial charge in [0.1, 0.15) is 0 Å². The van der Waals surface area contributed by atoms with Crippen LogP contribution in [-0.2, 0) is 13.0 Å². The van der Waals surface area contributed by atoms with Crippen molar-refractivity contribution in [3.05, 3.63) is 65.7 Å². The summed E-state index contributed by atoms with van der Waals surface area (Å²) in [5, 5.41) is 15.6. The number of aromatic nitrogens is 5. The second kappa shape index (κ2) is 6.78. The fraction of sp³-hybridized carbons (Fsp3) is 0.333. The first-order chi connectivity index (χ1) is 11.9. The molecule has 122 valence electrons. The average molecular weight is 320 g/mol. The third-order valence-corrected chi connectivity index (χ3v) is 4.53. The molecular formula is C18H20N6. The van der Waals surface area contributed by atoms with Gasteiger partial charge >= 0.3 is 0 Å². The normalized spacial score (nSPS) is 14.3. The third-order valence-electron chi connectivity index (χ3n) is 4.53. The molecule has 0 radical (unpaired) electrons. The van der Waals surface area contributed by atoms with Crippen molar-refractivity contribution in [3.8, 4) is 0 Å². The number of pyridine rings is 1. The van der Waals surface area contributed by atoms with Crippen molar-refractivity contribution < 1.29 is 0 Å². The Labute approximate surface area is 140 Å². The predicted octanol–water partition coefficient (Wildman–Crippen LogP) is 3.00. The molecule has 1 fully saturated rings. The third kappa shape index (κ3) is 3.13. The number of nitrogens with zero attached hydrogens (tertiary/aromatic N) is 5. The molecule has 1 saturated carbocycles. The summed E-state index contributed by atoms with van der Waals surface area (Å²) in [6.45, 7) is 0.628. The summed E-state index contributed by atoms with van der Waals surface area (Å²) in [6.07, 6.45) is 6.25. The first-order valence-electron chi connectivity index (χ1n) is 8.38. The van der Waals surface area contributed by atoms with E-state index >= 15 is 0 Å². The van der Waals surface area contributed by atoms with Crippen molar-refractivity contribution in [2.45, 2.75) is 38.3 Å². The molecule has 2 heterocycles. The van der Waals surface area contributed by atoms with Crippen LogP contribution in [0.25, 0.3) is 0 Å². The lowest BCUT2D eigenvalue weighted by molar-refractivity contribution is 0.278. The first kappa shape index (κ1) is 14.8. The molecule has 6 heteroatoms. The van der Waals surface area contributed by atoms with Crippen LogP contribution < -0.4 is 5.32 Å². The van der Waals surface area contributed by atoms with Crippen molar-refractivity contribution in [1.29, 1.82) is 0 Å². The molecule has 0 unspecified atom stereocenters. The van der Waals surface area contributed by atoms with Gasteiger partial charge in [-0.15, -0.1) is 5.10 Å². The van der Waals surface area contributed by atoms with E-state index in [0.29, 0.717) is 12.6 Å². The maximum atomic E-state index is 4.42. The molecule has 4 rings (SSSR count). The van der Waals surface area contributed by atoms with Crippen LogP contribution in [0, 0.1) is 0 Å². The summed E-state index contributed by atoms with van der Waals surface area (Å²) in [7, 11) is 0. The summed E-state index contributed by atoms with van der Waals surface area (Å²) in [4.78, 5) is 4.42. The summed E-state index contributed by atoms with van der Waals surface area (Å²) < 4.78 is 1.97. The van der Waals surface area contributed by atoms with E-state index in [1.54, 1.807) is 0 Å². The molecule has 3 aromatic rings. The number of para-hydroxylation sites is 1. The number of hydrogen-bond donors (Lipinski definition) is 1. The molecule has 1 aliphatic carbocycles. The van der Waals surface area contributed by atoms with Gasteiger partial charge in [-0.3, -0.25) is 4.98 Å². The number of anilines is 1. The Bertz CT molecular complexity index is 794. The van der Waals surface area contributed by atoms with Gasteiger partial charge in [0.05, 0.1) is 12.6 Å². The lowest BCUT2D eigenvalue weighted by Gasteiger charge is -2.26. The van der Waals surface area contributed by atoms with Crippen molar-refractivity contribution in [2.75, 3.05) is 5.32 Å². The predicted molar refractivity (Wildman–Crippen MR) is 91.5 cm³/mol. The summed E-state index contributed by atoms with van der Waals surface area (Å²) in [5.74, 6) is 0.896. The molecule has 0 aliphatic heterocycles. The average Bonchev–Trinajstić information content (AvgIpc) is 3.01. The summed E-state index contributed by atoms with van der Waals surface area (Å²) in [5.41, 5.74) is 3.39. The molecule has 0 amide bonds. The van der Waals surface area contributed by atoms with Crippen molar-refractivity contribution >= 4 is 5.69 Å². The van der Waals surface area contributed by atoms with E-state index in [4.69, 9.17) is 0 Å². The van der Waals surface area contributed by atoms with E-state index in [9.17, 15) is 0 Å². The number of rotatable bonds is 6. The zero-order valence-corrected chi connectivity index (χ0v) is 13.5. The molecule has 1 N–H and O–H groups in total. The van der Waals surface area contributed by atoms with Gasteiger partial charge < -0.3 is 5.32 Å². The Hall–Kier alpha value is -2.76. The molecule has 0 bridgehead atoms. The first-order valence-corrected chi connectivity index (χ1v) is 8.38. The maximum Gasteiger partial charge on any atom is 0.170 e. The second-order valence-electron chi connectivity index (χ2n) is 6.13. The number of hydrogen-bond acceptors (Lipinski definition) is 5. The highest BCUT2D eigenvalue weighted by Gasteiger charge is 2.23. The Morgan fingerprint density at radius 3 is 2.75 bits per heavy atom. The van der Waals surface area contributed by atoms with E-state index in [0.717, 1.165) is 23.6 Å². The second-order valence-corrected chi connectivity index (χ2v) is 6.13. The van der Waals surface area contributed by atoms with Crippen LogP contribution in [0.1, 0.15) is 42.4 Å². The molecule has 1 aromatic carbocycles. The lowest BCUT2D eigenvalue weighted by atomic mass is 9.93. The van der Waals surface area contributed by atoms with E-state index in [1.165, 1.54) is 24.8 Å². The van der Waals surface area contributed by atoms with Crippen LogP contribution in [0.4, 0.5) is 5.69 Å². The number of nitrogens with one attached hydrogen (secondary N) is 1. The molecule has 0 spiro atoms. The fourth-order valence-corrected chi connectivity index (χ4v) is 2.96. The van der Waals surface area contributed by atoms with Crippen LogP contribution in [-0.4, -0.2) is 25.2 Å². The highest BCUT2D eigenvalue weighted by Crippen LogP contribution is 2.31. The quantitative estimate of drug-likeness (QED) is 0.756. The van der Waals surface area contributed by atoms with E-state index in [1.807, 2.05) is 35.1 Å². The smallest absolute Gasteiger partial charge is 0.170 e. The van der Waals surface area contributed by atoms with E-state index in [2.05, 4.69) is 44.0 Å². The van der Waals surface area contributed by atoms with Gasteiger partial charge in [0, 0.05) is 24.0 Å². The highest BCUT2D eigenvalue weighted by molar-refractivity contribution is 5.52. The zero-order valence-electron chi connectivity index (χ0n) is 13.5. The van der Waals surface area contributed by atoms with Crippen molar-refractivity contribution in [3.63, 3.8) is 0 Å². The van der Waals surface area contributed by atoms with Gasteiger partial charge in [0.2, 0.25) is 0 Å². The Kier molecular flexibility index (Phi) is 4.18. The topological polar surface area (TPSA) is 68.5 Å². The van der Waals surface area contributed by atoms with E-state index < -0.39 is 0 Å². The Morgan fingerprint density at radius 1 is 1.08 bits per heavy atom. The molecular weight excluding hydrogens is 300 g/mol. The standard InChI is InChI=1S/C18H20N6/c1-2-10-17(14(6-1)12-15-7-3-4-11-19-15)20-13-18-21-22-23-24(18)16-8-5-9-16/h1-4,6-7,10-11,16,20H,5,8-9,12-13H2. The van der Waals surface area contributed by atoms with Gasteiger partial charge in [-0.2, -0.15) is 0 Å². The van der Waals surface area contributed by atoms with Gasteiger partial charge in [0.15, 0.2) is 5.82 Å². The van der Waals surface area contributed by atoms with Crippen LogP contribution in [0.2, 0.25) is 0 Å². The zero-order chi connectivity index (χ0) is 16.2. The minimum absolute atomic E-state index is 0.473. The molecule has 2 aromatic heterocycles.